The third-order valence-electron chi connectivity index (χ3n) is 5.98. The Labute approximate surface area is 150 Å². The molecule has 3 aliphatic rings. The number of carbonyl (C=O) groups excluding carboxylic acids is 2. The Balaban J connectivity index is 1.33. The molecule has 6 nitrogen and oxygen atoms in total. The summed E-state index contributed by atoms with van der Waals surface area (Å²) in [6, 6.07) is 1.69. The fourth-order valence-corrected chi connectivity index (χ4v) is 4.41. The second kappa shape index (κ2) is 6.33. The highest BCUT2D eigenvalue weighted by molar-refractivity contribution is 5.94. The number of carbonyl (C=O) groups is 2. The molecular weight excluding hydrogens is 342 g/mol. The number of alkyl halides is 2. The van der Waals surface area contributed by atoms with Gasteiger partial charge in [0.1, 0.15) is 0 Å². The lowest BCUT2D eigenvalue weighted by molar-refractivity contribution is -0.136. The number of rotatable bonds is 3. The van der Waals surface area contributed by atoms with Crippen molar-refractivity contribution in [3.05, 3.63) is 24.0 Å². The van der Waals surface area contributed by atoms with Crippen molar-refractivity contribution < 1.29 is 18.4 Å². The van der Waals surface area contributed by atoms with E-state index in [4.69, 9.17) is 0 Å². The summed E-state index contributed by atoms with van der Waals surface area (Å²) in [4.78, 5) is 31.5. The molecule has 0 spiro atoms. The zero-order valence-electron chi connectivity index (χ0n) is 14.8. The van der Waals surface area contributed by atoms with Gasteiger partial charge in [-0.05, 0) is 26.0 Å². The number of likely N-dealkylation sites (tertiary alicyclic amines) is 2. The summed E-state index contributed by atoms with van der Waals surface area (Å²) < 4.78 is 26.7. The molecule has 2 saturated heterocycles. The molecule has 26 heavy (non-hydrogen) atoms. The number of amides is 2. The highest BCUT2D eigenvalue weighted by Crippen LogP contribution is 2.59. The van der Waals surface area contributed by atoms with Crippen molar-refractivity contribution in [1.82, 2.24) is 20.1 Å². The van der Waals surface area contributed by atoms with E-state index in [2.05, 4.69) is 10.3 Å². The largest absolute Gasteiger partial charge is 0.367 e. The lowest BCUT2D eigenvalue weighted by Crippen LogP contribution is -2.42. The maximum atomic E-state index is 13.3. The Hall–Kier alpha value is -1.96. The lowest BCUT2D eigenvalue weighted by Gasteiger charge is -2.26. The van der Waals surface area contributed by atoms with Crippen LogP contribution in [0.4, 0.5) is 8.78 Å². The predicted molar refractivity (Wildman–Crippen MR) is 90.8 cm³/mol. The van der Waals surface area contributed by atoms with Gasteiger partial charge in [-0.1, -0.05) is 0 Å². The molecule has 3 fully saturated rings. The van der Waals surface area contributed by atoms with E-state index in [0.29, 0.717) is 31.5 Å². The standard InChI is InChI=1S/C18H24F2N4O2/c1-23-7-12(17(26)24-9-14-15(10-24)18(14,19)20)2-3-13(8-23)22-16(25)11-4-5-21-6-11/h4-6,12-15,21H,2-3,7-10H2,1H3,(H,22,25)/t12-,13+,14?,15?/m1/s1. The molecule has 2 unspecified atom stereocenters. The molecule has 1 aromatic heterocycles. The van der Waals surface area contributed by atoms with Crippen LogP contribution in [-0.4, -0.2) is 71.8 Å². The smallest absolute Gasteiger partial charge is 0.258 e. The number of hydrogen-bond donors (Lipinski definition) is 2. The minimum atomic E-state index is -2.56. The van der Waals surface area contributed by atoms with E-state index < -0.39 is 17.8 Å². The van der Waals surface area contributed by atoms with Gasteiger partial charge in [-0.15, -0.1) is 0 Å². The number of likely N-dealkylation sites (N-methyl/N-ethyl adjacent to an activating group) is 1. The number of aromatic nitrogens is 1. The third kappa shape index (κ3) is 3.11. The molecule has 1 aromatic rings. The third-order valence-corrected chi connectivity index (χ3v) is 5.98. The van der Waals surface area contributed by atoms with Gasteiger partial charge in [0, 0.05) is 44.6 Å². The van der Waals surface area contributed by atoms with Crippen LogP contribution in [0.15, 0.2) is 18.5 Å². The van der Waals surface area contributed by atoms with Gasteiger partial charge < -0.3 is 20.1 Å². The fraction of sp³-hybridized carbons (Fsp3) is 0.667. The molecule has 142 valence electrons. The maximum Gasteiger partial charge on any atom is 0.258 e. The molecule has 1 saturated carbocycles. The quantitative estimate of drug-likeness (QED) is 0.844. The van der Waals surface area contributed by atoms with Gasteiger partial charge in [0.25, 0.3) is 11.8 Å². The summed E-state index contributed by atoms with van der Waals surface area (Å²) in [5.41, 5.74) is 0.585. The van der Waals surface area contributed by atoms with Crippen LogP contribution < -0.4 is 5.32 Å². The number of piperidine rings is 1. The minimum absolute atomic E-state index is 0.0162. The molecule has 4 atom stereocenters. The van der Waals surface area contributed by atoms with Gasteiger partial charge in [-0.3, -0.25) is 9.59 Å². The van der Waals surface area contributed by atoms with Crippen LogP contribution in [-0.2, 0) is 4.79 Å². The van der Waals surface area contributed by atoms with E-state index in [-0.39, 0.29) is 36.9 Å². The Morgan fingerprint density at radius 2 is 1.92 bits per heavy atom. The number of aromatic amines is 1. The van der Waals surface area contributed by atoms with Crippen molar-refractivity contribution in [3.63, 3.8) is 0 Å². The molecule has 4 rings (SSSR count). The molecular formula is C18H24F2N4O2. The first kappa shape index (κ1) is 17.5. The summed E-state index contributed by atoms with van der Waals surface area (Å²) in [5, 5.41) is 3.02. The first-order valence-electron chi connectivity index (χ1n) is 9.15. The first-order valence-corrected chi connectivity index (χ1v) is 9.15. The summed E-state index contributed by atoms with van der Waals surface area (Å²) >= 11 is 0. The van der Waals surface area contributed by atoms with Gasteiger partial charge in [0.05, 0.1) is 23.3 Å². The average molecular weight is 366 g/mol. The van der Waals surface area contributed by atoms with E-state index in [1.807, 2.05) is 11.9 Å². The van der Waals surface area contributed by atoms with Crippen molar-refractivity contribution >= 4 is 11.8 Å². The lowest BCUT2D eigenvalue weighted by atomic mass is 10.00. The molecule has 2 amide bonds. The second-order valence-electron chi connectivity index (χ2n) is 7.90. The van der Waals surface area contributed by atoms with Crippen molar-refractivity contribution in [2.75, 3.05) is 33.2 Å². The Morgan fingerprint density at radius 1 is 1.19 bits per heavy atom. The van der Waals surface area contributed by atoms with Crippen LogP contribution in [0.1, 0.15) is 23.2 Å². The molecule has 8 heteroatoms. The van der Waals surface area contributed by atoms with Gasteiger partial charge in [0.15, 0.2) is 0 Å². The molecule has 3 heterocycles. The topological polar surface area (TPSA) is 68.4 Å². The van der Waals surface area contributed by atoms with E-state index in [9.17, 15) is 18.4 Å². The van der Waals surface area contributed by atoms with Crippen LogP contribution in [0.25, 0.3) is 0 Å². The normalized spacial score (nSPS) is 33.4. The Bertz CT molecular complexity index is 679. The van der Waals surface area contributed by atoms with Crippen molar-refractivity contribution in [1.29, 1.82) is 0 Å². The predicted octanol–water partition coefficient (Wildman–Crippen LogP) is 1.18. The Morgan fingerprint density at radius 3 is 2.58 bits per heavy atom. The van der Waals surface area contributed by atoms with Crippen molar-refractivity contribution in [2.45, 2.75) is 24.8 Å². The van der Waals surface area contributed by atoms with E-state index in [1.165, 1.54) is 0 Å². The van der Waals surface area contributed by atoms with E-state index in [0.717, 1.165) is 0 Å². The second-order valence-corrected chi connectivity index (χ2v) is 7.90. The van der Waals surface area contributed by atoms with Crippen molar-refractivity contribution in [2.24, 2.45) is 17.8 Å². The van der Waals surface area contributed by atoms with Crippen LogP contribution in [0.2, 0.25) is 0 Å². The van der Waals surface area contributed by atoms with Crippen molar-refractivity contribution in [3.8, 4) is 0 Å². The zero-order chi connectivity index (χ0) is 18.5. The summed E-state index contributed by atoms with van der Waals surface area (Å²) in [6.45, 7) is 1.63. The SMILES string of the molecule is CN1C[C@@H](NC(=O)c2cc[nH]c2)CC[C@@H](C(=O)N2CC3C(C2)C3(F)F)C1. The molecule has 0 bridgehead atoms. The molecule has 0 radical (unpaired) electrons. The van der Waals surface area contributed by atoms with Crippen LogP contribution in [0, 0.1) is 17.8 Å². The zero-order valence-corrected chi connectivity index (χ0v) is 14.8. The number of fused-ring (bicyclic) bond motifs is 1. The number of halogens is 2. The van der Waals surface area contributed by atoms with Crippen LogP contribution in [0.3, 0.4) is 0 Å². The minimum Gasteiger partial charge on any atom is -0.367 e. The van der Waals surface area contributed by atoms with Gasteiger partial charge >= 0.3 is 0 Å². The summed E-state index contributed by atoms with van der Waals surface area (Å²) in [7, 11) is 1.93. The highest BCUT2D eigenvalue weighted by atomic mass is 19.3. The molecule has 1 aliphatic carbocycles. The fourth-order valence-electron chi connectivity index (χ4n) is 4.41. The number of hydrogen-bond acceptors (Lipinski definition) is 3. The van der Waals surface area contributed by atoms with E-state index >= 15 is 0 Å². The highest BCUT2D eigenvalue weighted by Gasteiger charge is 2.72. The summed E-state index contributed by atoms with van der Waals surface area (Å²) in [6.07, 6.45) is 4.71. The number of nitrogens with one attached hydrogen (secondary N) is 2. The van der Waals surface area contributed by atoms with Gasteiger partial charge in [-0.25, -0.2) is 8.78 Å². The van der Waals surface area contributed by atoms with Gasteiger partial charge in [0.2, 0.25) is 5.91 Å². The number of nitrogens with zero attached hydrogens (tertiary/aromatic N) is 2. The van der Waals surface area contributed by atoms with Crippen LogP contribution >= 0.6 is 0 Å². The maximum absolute atomic E-state index is 13.3. The average Bonchev–Trinajstić information content (AvgIpc) is 3.05. The molecule has 2 N–H and O–H groups in total. The Kier molecular flexibility index (Phi) is 4.25. The number of H-pyrrole nitrogens is 1. The molecule has 0 aromatic carbocycles. The van der Waals surface area contributed by atoms with Crippen LogP contribution in [0.5, 0.6) is 0 Å². The monoisotopic (exact) mass is 366 g/mol. The van der Waals surface area contributed by atoms with Gasteiger partial charge in [-0.2, -0.15) is 0 Å². The van der Waals surface area contributed by atoms with E-state index in [1.54, 1.807) is 23.4 Å². The first-order chi connectivity index (χ1) is 12.4. The molecule has 2 aliphatic heterocycles. The summed E-state index contributed by atoms with van der Waals surface area (Å²) in [5.74, 6) is -4.18.